The zero-order valence-corrected chi connectivity index (χ0v) is 14.5. The first-order valence-corrected chi connectivity index (χ1v) is 8.20. The van der Waals surface area contributed by atoms with Crippen LogP contribution in [-0.2, 0) is 4.74 Å². The Kier molecular flexibility index (Phi) is 3.85. The fourth-order valence-electron chi connectivity index (χ4n) is 3.05. The lowest BCUT2D eigenvalue weighted by Crippen LogP contribution is -2.09. The van der Waals surface area contributed by atoms with E-state index in [-0.39, 0.29) is 0 Å². The second-order valence-corrected chi connectivity index (χ2v) is 6.05. The summed E-state index contributed by atoms with van der Waals surface area (Å²) in [5, 5.41) is 8.84. The molecule has 0 aliphatic heterocycles. The summed E-state index contributed by atoms with van der Waals surface area (Å²) in [6.07, 6.45) is 3.92. The fourth-order valence-corrected chi connectivity index (χ4v) is 3.05. The van der Waals surface area contributed by atoms with E-state index >= 15 is 0 Å². The Morgan fingerprint density at radius 1 is 1.24 bits per heavy atom. The Morgan fingerprint density at radius 2 is 2.12 bits per heavy atom. The zero-order valence-electron chi connectivity index (χ0n) is 14.5. The zero-order chi connectivity index (χ0) is 17.4. The maximum atomic E-state index is 5.10. The Hall–Kier alpha value is -2.93. The van der Waals surface area contributed by atoms with Gasteiger partial charge in [-0.05, 0) is 43.2 Å². The molecule has 0 unspecified atom stereocenters. The van der Waals surface area contributed by atoms with Gasteiger partial charge < -0.3 is 15.0 Å². The first-order valence-electron chi connectivity index (χ1n) is 8.20. The monoisotopic (exact) mass is 336 g/mol. The van der Waals surface area contributed by atoms with Crippen LogP contribution in [0.3, 0.4) is 0 Å². The first kappa shape index (κ1) is 15.6. The third-order valence-electron chi connectivity index (χ3n) is 4.18. The lowest BCUT2D eigenvalue weighted by atomic mass is 10.0. The van der Waals surface area contributed by atoms with E-state index in [4.69, 9.17) is 4.74 Å². The lowest BCUT2D eigenvalue weighted by Gasteiger charge is -2.10. The topological polar surface area (TPSA) is 80.1 Å². The van der Waals surface area contributed by atoms with Crippen LogP contribution < -0.4 is 5.32 Å². The van der Waals surface area contributed by atoms with Crippen molar-refractivity contribution >= 4 is 22.5 Å². The minimum atomic E-state index is 0.628. The third kappa shape index (κ3) is 2.83. The second kappa shape index (κ2) is 6.18. The smallest absolute Gasteiger partial charge is 0.158 e. The standard InChI is InChI=1S/C18H20N6O/c1-11-8-13(10-24-18(11)21-12(2)23-24)15-9-16(19-6-7-25-3)22-17-14(15)4-5-20-17/h4-5,8-10H,6-7H2,1-3H3,(H2,19,20,22). The van der Waals surface area contributed by atoms with Gasteiger partial charge in [-0.3, -0.25) is 0 Å². The van der Waals surface area contributed by atoms with Crippen molar-refractivity contribution in [2.75, 3.05) is 25.6 Å². The molecule has 4 heterocycles. The van der Waals surface area contributed by atoms with Crippen LogP contribution in [0.2, 0.25) is 0 Å². The molecule has 0 saturated carbocycles. The number of aromatic amines is 1. The minimum absolute atomic E-state index is 0.628. The highest BCUT2D eigenvalue weighted by Gasteiger charge is 2.12. The van der Waals surface area contributed by atoms with Gasteiger partial charge in [0, 0.05) is 37.0 Å². The van der Waals surface area contributed by atoms with Crippen LogP contribution in [0.5, 0.6) is 0 Å². The van der Waals surface area contributed by atoms with E-state index < -0.39 is 0 Å². The molecule has 4 aromatic rings. The van der Waals surface area contributed by atoms with Gasteiger partial charge in [-0.15, -0.1) is 0 Å². The normalized spacial score (nSPS) is 11.5. The summed E-state index contributed by atoms with van der Waals surface area (Å²) < 4.78 is 6.94. The molecule has 0 spiro atoms. The van der Waals surface area contributed by atoms with E-state index in [1.165, 1.54) is 0 Å². The predicted molar refractivity (Wildman–Crippen MR) is 97.9 cm³/mol. The lowest BCUT2D eigenvalue weighted by molar-refractivity contribution is 0.210. The number of pyridine rings is 2. The molecule has 25 heavy (non-hydrogen) atoms. The van der Waals surface area contributed by atoms with Crippen molar-refractivity contribution in [3.8, 4) is 11.1 Å². The van der Waals surface area contributed by atoms with Crippen LogP contribution in [0.15, 0.2) is 30.6 Å². The van der Waals surface area contributed by atoms with Crippen molar-refractivity contribution in [2.45, 2.75) is 13.8 Å². The van der Waals surface area contributed by atoms with Crippen LogP contribution >= 0.6 is 0 Å². The summed E-state index contributed by atoms with van der Waals surface area (Å²) in [7, 11) is 1.69. The number of fused-ring (bicyclic) bond motifs is 2. The Bertz CT molecular complexity index is 1050. The highest BCUT2D eigenvalue weighted by Crippen LogP contribution is 2.31. The third-order valence-corrected chi connectivity index (χ3v) is 4.18. The van der Waals surface area contributed by atoms with Gasteiger partial charge in [-0.25, -0.2) is 14.5 Å². The van der Waals surface area contributed by atoms with Crippen LogP contribution in [0.1, 0.15) is 11.4 Å². The number of H-pyrrole nitrogens is 1. The number of methoxy groups -OCH3 is 1. The molecule has 128 valence electrons. The number of rotatable bonds is 5. The van der Waals surface area contributed by atoms with Crippen LogP contribution in [0, 0.1) is 13.8 Å². The quantitative estimate of drug-likeness (QED) is 0.548. The van der Waals surface area contributed by atoms with E-state index in [0.29, 0.717) is 13.2 Å². The number of aromatic nitrogens is 5. The summed E-state index contributed by atoms with van der Waals surface area (Å²) in [6, 6.07) is 6.25. The molecule has 0 aromatic carbocycles. The second-order valence-electron chi connectivity index (χ2n) is 6.05. The van der Waals surface area contributed by atoms with Gasteiger partial charge in [0.1, 0.15) is 17.3 Å². The highest BCUT2D eigenvalue weighted by atomic mass is 16.5. The molecule has 0 amide bonds. The number of anilines is 1. The summed E-state index contributed by atoms with van der Waals surface area (Å²) in [5.41, 5.74) is 5.01. The molecule has 0 aliphatic carbocycles. The van der Waals surface area contributed by atoms with Crippen molar-refractivity contribution in [2.24, 2.45) is 0 Å². The molecular formula is C18H20N6O. The van der Waals surface area contributed by atoms with Gasteiger partial charge in [0.25, 0.3) is 0 Å². The molecule has 4 aromatic heterocycles. The van der Waals surface area contributed by atoms with Crippen molar-refractivity contribution in [1.29, 1.82) is 0 Å². The largest absolute Gasteiger partial charge is 0.383 e. The van der Waals surface area contributed by atoms with Gasteiger partial charge in [0.05, 0.1) is 6.61 Å². The molecular weight excluding hydrogens is 316 g/mol. The molecule has 2 N–H and O–H groups in total. The number of nitrogens with one attached hydrogen (secondary N) is 2. The number of ether oxygens (including phenoxy) is 1. The Balaban J connectivity index is 1.85. The first-order chi connectivity index (χ1) is 12.2. The van der Waals surface area contributed by atoms with Crippen molar-refractivity contribution in [3.05, 3.63) is 42.0 Å². The van der Waals surface area contributed by atoms with Gasteiger partial charge in [0.2, 0.25) is 0 Å². The van der Waals surface area contributed by atoms with Crippen LogP contribution in [0.4, 0.5) is 5.82 Å². The fraction of sp³-hybridized carbons (Fsp3) is 0.278. The van der Waals surface area contributed by atoms with Crippen LogP contribution in [0.25, 0.3) is 27.8 Å². The summed E-state index contributed by atoms with van der Waals surface area (Å²) in [5.74, 6) is 1.58. The maximum absolute atomic E-state index is 5.10. The van der Waals surface area contributed by atoms with Crippen molar-refractivity contribution < 1.29 is 4.74 Å². The molecule has 7 heteroatoms. The SMILES string of the molecule is COCCNc1cc(-c2cc(C)c3nc(C)nn3c2)c2cc[nH]c2n1. The summed E-state index contributed by atoms with van der Waals surface area (Å²) >= 11 is 0. The van der Waals surface area contributed by atoms with Gasteiger partial charge in [-0.2, -0.15) is 5.10 Å². The average Bonchev–Trinajstić information content (AvgIpc) is 3.20. The summed E-state index contributed by atoms with van der Waals surface area (Å²) in [6.45, 7) is 5.29. The predicted octanol–water partition coefficient (Wildman–Crippen LogP) is 2.95. The van der Waals surface area contributed by atoms with Gasteiger partial charge >= 0.3 is 0 Å². The van der Waals surface area contributed by atoms with E-state index in [9.17, 15) is 0 Å². The Labute approximate surface area is 145 Å². The number of aryl methyl sites for hydroxylation is 2. The number of nitrogens with zero attached hydrogens (tertiary/aromatic N) is 4. The van der Waals surface area contributed by atoms with E-state index in [2.05, 4.69) is 44.4 Å². The molecule has 4 rings (SSSR count). The Morgan fingerprint density at radius 3 is 2.96 bits per heavy atom. The van der Waals surface area contributed by atoms with Crippen molar-refractivity contribution in [1.82, 2.24) is 24.6 Å². The van der Waals surface area contributed by atoms with E-state index in [0.717, 1.165) is 45.0 Å². The number of hydrogen-bond acceptors (Lipinski definition) is 5. The molecule has 0 saturated heterocycles. The average molecular weight is 336 g/mol. The molecule has 0 bridgehead atoms. The van der Waals surface area contributed by atoms with Gasteiger partial charge in [0.15, 0.2) is 5.65 Å². The minimum Gasteiger partial charge on any atom is -0.383 e. The molecule has 0 atom stereocenters. The molecule has 0 aliphatic rings. The van der Waals surface area contributed by atoms with E-state index in [1.807, 2.05) is 29.9 Å². The van der Waals surface area contributed by atoms with Crippen LogP contribution in [-0.4, -0.2) is 44.8 Å². The van der Waals surface area contributed by atoms with Crippen molar-refractivity contribution in [3.63, 3.8) is 0 Å². The molecule has 0 fully saturated rings. The molecule has 0 radical (unpaired) electrons. The van der Waals surface area contributed by atoms with Gasteiger partial charge in [-0.1, -0.05) is 0 Å². The summed E-state index contributed by atoms with van der Waals surface area (Å²) in [4.78, 5) is 12.3. The number of hydrogen-bond donors (Lipinski definition) is 2. The highest BCUT2D eigenvalue weighted by molar-refractivity contribution is 5.94. The molecule has 7 nitrogen and oxygen atoms in total. The maximum Gasteiger partial charge on any atom is 0.158 e. The van der Waals surface area contributed by atoms with E-state index in [1.54, 1.807) is 7.11 Å².